The van der Waals surface area contributed by atoms with Gasteiger partial charge in [-0.1, -0.05) is 41.5 Å². The minimum absolute atomic E-state index is 0.0469. The summed E-state index contributed by atoms with van der Waals surface area (Å²) in [5, 5.41) is 16.9. The summed E-state index contributed by atoms with van der Waals surface area (Å²) in [6, 6.07) is 0.296. The van der Waals surface area contributed by atoms with Crippen LogP contribution in [0.2, 0.25) is 0 Å². The standard InChI is InChI=1S/C41H67N3O6/c1-26(25-49-35(47)42-21-24-44-22-7-8-23-44)28-13-18-41(34(45)46)20-19-39(5)29(33(28)41)11-12-31-38(4)16-15-32(50-36(48)43-27-9-10-27)37(2,3)30(38)14-17-40(31,39)6/h26-33H,7-25H2,1-6H3,(H,42,47)(H,43,48)(H,45,46)/t26?,28-,29?,30?,31?,32+,33?,38-,39+,40+,41-/m0/s1. The molecule has 282 valence electrons. The van der Waals surface area contributed by atoms with Crippen molar-refractivity contribution in [1.82, 2.24) is 15.5 Å². The highest BCUT2D eigenvalue weighted by Crippen LogP contribution is 2.77. The number of fused-ring (bicyclic) bond motifs is 7. The molecule has 3 N–H and O–H groups in total. The highest BCUT2D eigenvalue weighted by molar-refractivity contribution is 5.76. The van der Waals surface area contributed by atoms with E-state index >= 15 is 0 Å². The van der Waals surface area contributed by atoms with Gasteiger partial charge in [-0.05, 0) is 155 Å². The summed E-state index contributed by atoms with van der Waals surface area (Å²) in [6.07, 6.45) is 13.7. The minimum Gasteiger partial charge on any atom is -0.481 e. The van der Waals surface area contributed by atoms with Crippen molar-refractivity contribution in [3.63, 3.8) is 0 Å². The second-order valence-electron chi connectivity index (χ2n) is 19.6. The van der Waals surface area contributed by atoms with Gasteiger partial charge in [0.2, 0.25) is 0 Å². The number of alkyl carbamates (subject to hydrolysis) is 2. The molecule has 0 aromatic carbocycles. The molecule has 6 saturated carbocycles. The fourth-order valence-corrected chi connectivity index (χ4v) is 14.1. The zero-order chi connectivity index (χ0) is 35.7. The van der Waals surface area contributed by atoms with Crippen molar-refractivity contribution in [1.29, 1.82) is 0 Å². The molecule has 5 unspecified atom stereocenters. The molecule has 0 aromatic heterocycles. The average molecular weight is 698 g/mol. The largest absolute Gasteiger partial charge is 0.481 e. The number of likely N-dealkylation sites (tertiary alicyclic amines) is 1. The molecule has 1 heterocycles. The lowest BCUT2D eigenvalue weighted by Crippen LogP contribution is -2.67. The molecule has 7 aliphatic rings. The normalized spacial score (nSPS) is 44.1. The third-order valence-electron chi connectivity index (χ3n) is 17.1. The van der Waals surface area contributed by atoms with Gasteiger partial charge in [0.1, 0.15) is 6.10 Å². The van der Waals surface area contributed by atoms with Crippen LogP contribution in [0.3, 0.4) is 0 Å². The second-order valence-corrected chi connectivity index (χ2v) is 19.6. The smallest absolute Gasteiger partial charge is 0.407 e. The summed E-state index contributed by atoms with van der Waals surface area (Å²) in [4.78, 5) is 41.1. The Kier molecular flexibility index (Phi) is 9.54. The summed E-state index contributed by atoms with van der Waals surface area (Å²) in [5.74, 6) is 1.21. The summed E-state index contributed by atoms with van der Waals surface area (Å²) < 4.78 is 12.0. The zero-order valence-corrected chi connectivity index (χ0v) is 32.0. The molecule has 7 fully saturated rings. The molecule has 0 aromatic rings. The second kappa shape index (κ2) is 13.1. The van der Waals surface area contributed by atoms with E-state index in [0.717, 1.165) is 96.7 Å². The Balaban J connectivity index is 1.06. The number of amides is 2. The number of carbonyl (C=O) groups excluding carboxylic acids is 2. The molecule has 50 heavy (non-hydrogen) atoms. The lowest BCUT2D eigenvalue weighted by Gasteiger charge is -2.72. The van der Waals surface area contributed by atoms with Gasteiger partial charge in [-0.3, -0.25) is 4.79 Å². The van der Waals surface area contributed by atoms with Gasteiger partial charge in [-0.25, -0.2) is 9.59 Å². The number of ether oxygens (including phenoxy) is 2. The number of carboxylic acids is 1. The summed E-state index contributed by atoms with van der Waals surface area (Å²) in [6.45, 7) is 18.6. The number of hydrogen-bond donors (Lipinski definition) is 3. The van der Waals surface area contributed by atoms with Crippen LogP contribution in [-0.2, 0) is 14.3 Å². The molecule has 9 heteroatoms. The van der Waals surface area contributed by atoms with Gasteiger partial charge in [-0.2, -0.15) is 0 Å². The Hall–Kier alpha value is -2.03. The van der Waals surface area contributed by atoms with Crippen molar-refractivity contribution < 1.29 is 29.0 Å². The Morgan fingerprint density at radius 2 is 1.56 bits per heavy atom. The predicted molar refractivity (Wildman–Crippen MR) is 192 cm³/mol. The van der Waals surface area contributed by atoms with Crippen molar-refractivity contribution in [2.75, 3.05) is 32.8 Å². The van der Waals surface area contributed by atoms with Gasteiger partial charge in [0, 0.05) is 24.5 Å². The van der Waals surface area contributed by atoms with Crippen molar-refractivity contribution in [2.24, 2.45) is 62.6 Å². The van der Waals surface area contributed by atoms with E-state index < -0.39 is 11.4 Å². The van der Waals surface area contributed by atoms with Gasteiger partial charge in [-0.15, -0.1) is 0 Å². The zero-order valence-electron chi connectivity index (χ0n) is 32.0. The maximum atomic E-state index is 13.3. The van der Waals surface area contributed by atoms with Gasteiger partial charge < -0.3 is 30.1 Å². The summed E-state index contributed by atoms with van der Waals surface area (Å²) in [5.41, 5.74) is -0.475. The molecule has 6 aliphatic carbocycles. The van der Waals surface area contributed by atoms with E-state index in [1.54, 1.807) is 0 Å². The molecule has 1 aliphatic heterocycles. The molecule has 2 amide bonds. The first-order chi connectivity index (χ1) is 23.7. The number of carbonyl (C=O) groups is 3. The molecule has 0 spiro atoms. The molecule has 0 radical (unpaired) electrons. The van der Waals surface area contributed by atoms with E-state index in [9.17, 15) is 19.5 Å². The monoisotopic (exact) mass is 698 g/mol. The molecular weight excluding hydrogens is 630 g/mol. The van der Waals surface area contributed by atoms with Gasteiger partial charge in [0.25, 0.3) is 0 Å². The van der Waals surface area contributed by atoms with E-state index in [-0.39, 0.29) is 57.7 Å². The maximum Gasteiger partial charge on any atom is 0.407 e. The first-order valence-electron chi connectivity index (χ1n) is 20.5. The molecule has 9 nitrogen and oxygen atoms in total. The Bertz CT molecular complexity index is 1310. The minimum atomic E-state index is -0.677. The van der Waals surface area contributed by atoms with E-state index in [0.29, 0.717) is 36.9 Å². The van der Waals surface area contributed by atoms with Gasteiger partial charge in [0.15, 0.2) is 0 Å². The third kappa shape index (κ3) is 5.86. The number of carboxylic acid groups (broad SMARTS) is 1. The fourth-order valence-electron chi connectivity index (χ4n) is 14.1. The first-order valence-corrected chi connectivity index (χ1v) is 20.5. The highest BCUT2D eigenvalue weighted by atomic mass is 16.6. The van der Waals surface area contributed by atoms with Crippen molar-refractivity contribution in [3.8, 4) is 0 Å². The predicted octanol–water partition coefficient (Wildman–Crippen LogP) is 7.87. The number of nitrogens with zero attached hydrogens (tertiary/aromatic N) is 1. The van der Waals surface area contributed by atoms with Crippen molar-refractivity contribution in [2.45, 2.75) is 144 Å². The number of aliphatic carboxylic acids is 1. The number of rotatable bonds is 9. The number of hydrogen-bond acceptors (Lipinski definition) is 6. The number of nitrogens with one attached hydrogen (secondary N) is 2. The van der Waals surface area contributed by atoms with Crippen LogP contribution in [0.4, 0.5) is 9.59 Å². The third-order valence-corrected chi connectivity index (χ3v) is 17.1. The highest BCUT2D eigenvalue weighted by Gasteiger charge is 2.72. The van der Waals surface area contributed by atoms with Crippen LogP contribution >= 0.6 is 0 Å². The van der Waals surface area contributed by atoms with Crippen LogP contribution in [0.1, 0.15) is 131 Å². The van der Waals surface area contributed by atoms with Crippen LogP contribution in [0, 0.1) is 62.6 Å². The Morgan fingerprint density at radius 1 is 0.820 bits per heavy atom. The Morgan fingerprint density at radius 3 is 2.26 bits per heavy atom. The van der Waals surface area contributed by atoms with Crippen LogP contribution in [-0.4, -0.2) is 73.1 Å². The van der Waals surface area contributed by atoms with Crippen LogP contribution in [0.25, 0.3) is 0 Å². The maximum absolute atomic E-state index is 13.3. The lowest BCUT2D eigenvalue weighted by atomic mass is 9.32. The summed E-state index contributed by atoms with van der Waals surface area (Å²) >= 11 is 0. The van der Waals surface area contributed by atoms with E-state index in [1.165, 1.54) is 12.8 Å². The van der Waals surface area contributed by atoms with Gasteiger partial charge in [0.05, 0.1) is 12.0 Å². The Labute approximate surface area is 301 Å². The quantitative estimate of drug-likeness (QED) is 0.225. The molecule has 1 saturated heterocycles. The van der Waals surface area contributed by atoms with E-state index in [2.05, 4.69) is 57.1 Å². The molecule has 7 rings (SSSR count). The fraction of sp³-hybridized carbons (Fsp3) is 0.927. The van der Waals surface area contributed by atoms with E-state index in [4.69, 9.17) is 9.47 Å². The lowest BCUT2D eigenvalue weighted by molar-refractivity contribution is -0.249. The molecule has 0 bridgehead atoms. The SMILES string of the molecule is CC(COC(=O)NCCN1CCCC1)[C@@H]1CC[C@]2(C(=O)O)CC[C@]3(C)C(CCC4[C@@]5(C)CC[C@@H](OC(=O)NC6CC6)C(C)(C)C5CC[C@]43C)C12. The van der Waals surface area contributed by atoms with Crippen molar-refractivity contribution >= 4 is 18.2 Å². The van der Waals surface area contributed by atoms with E-state index in [1.807, 2.05) is 0 Å². The van der Waals surface area contributed by atoms with Crippen molar-refractivity contribution in [3.05, 3.63) is 0 Å². The average Bonchev–Trinajstić information content (AvgIpc) is 3.54. The summed E-state index contributed by atoms with van der Waals surface area (Å²) in [7, 11) is 0. The van der Waals surface area contributed by atoms with Crippen LogP contribution in [0.5, 0.6) is 0 Å². The first kappa shape index (κ1) is 36.3. The topological polar surface area (TPSA) is 117 Å². The molecular formula is C41H67N3O6. The van der Waals surface area contributed by atoms with Crippen LogP contribution in [0.15, 0.2) is 0 Å². The molecule has 11 atom stereocenters. The van der Waals surface area contributed by atoms with Gasteiger partial charge >= 0.3 is 18.2 Å². The van der Waals surface area contributed by atoms with Crippen LogP contribution < -0.4 is 10.6 Å².